The number of halogens is 3. The summed E-state index contributed by atoms with van der Waals surface area (Å²) in [7, 11) is 3.86. The minimum atomic E-state index is -4.43. The Labute approximate surface area is 256 Å². The highest BCUT2D eigenvalue weighted by atomic mass is 19.4. The zero-order valence-corrected chi connectivity index (χ0v) is 25.0. The van der Waals surface area contributed by atoms with Crippen LogP contribution in [0.4, 0.5) is 24.5 Å². The summed E-state index contributed by atoms with van der Waals surface area (Å²) in [5.41, 5.74) is 3.03. The van der Waals surface area contributed by atoms with Crippen molar-refractivity contribution in [1.82, 2.24) is 4.90 Å². The number of carbonyl (C=O) groups excluding carboxylic acids is 2. The van der Waals surface area contributed by atoms with Crippen molar-refractivity contribution in [3.8, 4) is 11.1 Å². The molecule has 44 heavy (non-hydrogen) atoms. The van der Waals surface area contributed by atoms with Gasteiger partial charge in [-0.1, -0.05) is 67.6 Å². The van der Waals surface area contributed by atoms with Crippen molar-refractivity contribution >= 4 is 23.3 Å². The number of amides is 1. The fraction of sp³-hybridized carbons (Fsp3) is 0.257. The van der Waals surface area contributed by atoms with Gasteiger partial charge < -0.3 is 15.0 Å². The van der Waals surface area contributed by atoms with E-state index in [2.05, 4.69) is 10.2 Å². The molecule has 4 aromatic carbocycles. The first-order valence-corrected chi connectivity index (χ1v) is 14.4. The van der Waals surface area contributed by atoms with Crippen LogP contribution in [-0.2, 0) is 15.7 Å². The highest BCUT2D eigenvalue weighted by Gasteiger charge is 2.30. The average molecular weight is 604 g/mol. The lowest BCUT2D eigenvalue weighted by Gasteiger charge is -2.29. The maximum Gasteiger partial charge on any atom is 0.416 e. The van der Waals surface area contributed by atoms with Crippen LogP contribution in [0.25, 0.3) is 11.1 Å². The molecule has 4 aromatic rings. The van der Waals surface area contributed by atoms with Gasteiger partial charge in [0.05, 0.1) is 12.2 Å². The van der Waals surface area contributed by atoms with Crippen LogP contribution < -0.4 is 10.2 Å². The Morgan fingerprint density at radius 2 is 1.45 bits per heavy atom. The Balaban J connectivity index is 1.39. The van der Waals surface area contributed by atoms with Gasteiger partial charge in [0, 0.05) is 37.1 Å². The van der Waals surface area contributed by atoms with Gasteiger partial charge >= 0.3 is 12.1 Å². The summed E-state index contributed by atoms with van der Waals surface area (Å²) >= 11 is 0. The van der Waals surface area contributed by atoms with Crippen molar-refractivity contribution < 1.29 is 27.5 Å². The third-order valence-electron chi connectivity index (χ3n) is 7.28. The number of anilines is 2. The number of nitrogens with one attached hydrogen (secondary N) is 1. The number of benzene rings is 4. The monoisotopic (exact) mass is 603 g/mol. The first kappa shape index (κ1) is 32.3. The van der Waals surface area contributed by atoms with Crippen LogP contribution in [0.5, 0.6) is 0 Å². The lowest BCUT2D eigenvalue weighted by atomic mass is 9.98. The van der Waals surface area contributed by atoms with E-state index in [0.717, 1.165) is 29.8 Å². The summed E-state index contributed by atoms with van der Waals surface area (Å²) < 4.78 is 44.5. The lowest BCUT2D eigenvalue weighted by Crippen LogP contribution is -2.37. The molecule has 0 heterocycles. The Hall–Kier alpha value is -4.63. The molecule has 230 valence electrons. The number of rotatable bonds is 12. The molecule has 0 aliphatic rings. The largest absolute Gasteiger partial charge is 0.464 e. The number of alkyl halides is 3. The predicted octanol–water partition coefficient (Wildman–Crippen LogP) is 7.69. The molecule has 0 fully saturated rings. The van der Waals surface area contributed by atoms with Crippen molar-refractivity contribution in [2.45, 2.75) is 25.6 Å². The summed E-state index contributed by atoms with van der Waals surface area (Å²) in [5.74, 6) is -0.645. The molecule has 0 aliphatic carbocycles. The lowest BCUT2D eigenvalue weighted by molar-refractivity contribution is -0.150. The molecular weight excluding hydrogens is 567 g/mol. The summed E-state index contributed by atoms with van der Waals surface area (Å²) in [4.78, 5) is 30.1. The molecule has 0 spiro atoms. The standard InChI is InChI=1S/C35H36F3N3O3/c1-4-24-44-34(43)32(26-10-6-5-7-11-26)41(3)23-22-40(2)29-20-18-28(19-21-29)39-33(42)31-13-9-8-12-30(31)25-14-16-27(17-15-25)35(36,37)38/h5-21,32H,4,22-24H2,1-3H3,(H,39,42). The molecule has 1 N–H and O–H groups in total. The molecule has 1 atom stereocenters. The van der Waals surface area contributed by atoms with Crippen LogP contribution in [0.2, 0.25) is 0 Å². The summed E-state index contributed by atoms with van der Waals surface area (Å²) in [6, 6.07) is 28.0. The van der Waals surface area contributed by atoms with Crippen LogP contribution in [0.1, 0.15) is 40.9 Å². The van der Waals surface area contributed by atoms with Crippen molar-refractivity contribution in [1.29, 1.82) is 0 Å². The first-order chi connectivity index (χ1) is 21.1. The summed E-state index contributed by atoms with van der Waals surface area (Å²) in [5, 5.41) is 2.89. The van der Waals surface area contributed by atoms with E-state index in [4.69, 9.17) is 4.74 Å². The second-order valence-corrected chi connectivity index (χ2v) is 10.5. The van der Waals surface area contributed by atoms with E-state index in [1.54, 1.807) is 36.4 Å². The van der Waals surface area contributed by atoms with Gasteiger partial charge in [-0.05, 0) is 72.6 Å². The minimum absolute atomic E-state index is 0.275. The number of nitrogens with zero attached hydrogens (tertiary/aromatic N) is 2. The highest BCUT2D eigenvalue weighted by molar-refractivity contribution is 6.08. The van der Waals surface area contributed by atoms with Crippen LogP contribution in [-0.4, -0.2) is 50.6 Å². The number of esters is 1. The van der Waals surface area contributed by atoms with Crippen LogP contribution in [0, 0.1) is 0 Å². The van der Waals surface area contributed by atoms with Gasteiger partial charge in [-0.25, -0.2) is 4.79 Å². The number of hydrogen-bond donors (Lipinski definition) is 1. The number of hydrogen-bond acceptors (Lipinski definition) is 5. The molecule has 0 saturated carbocycles. The van der Waals surface area contributed by atoms with E-state index in [1.807, 2.05) is 68.4 Å². The smallest absolute Gasteiger partial charge is 0.416 e. The molecule has 0 bridgehead atoms. The second-order valence-electron chi connectivity index (χ2n) is 10.5. The molecule has 0 aliphatic heterocycles. The van der Waals surface area contributed by atoms with Gasteiger partial charge in [-0.15, -0.1) is 0 Å². The minimum Gasteiger partial charge on any atom is -0.464 e. The number of carbonyl (C=O) groups is 2. The van der Waals surface area contributed by atoms with E-state index in [1.165, 1.54) is 12.1 Å². The fourth-order valence-electron chi connectivity index (χ4n) is 4.82. The van der Waals surface area contributed by atoms with E-state index in [0.29, 0.717) is 42.1 Å². The highest BCUT2D eigenvalue weighted by Crippen LogP contribution is 2.32. The first-order valence-electron chi connectivity index (χ1n) is 14.4. The van der Waals surface area contributed by atoms with E-state index in [-0.39, 0.29) is 11.9 Å². The Kier molecular flexibility index (Phi) is 10.8. The van der Waals surface area contributed by atoms with Crippen LogP contribution >= 0.6 is 0 Å². The SMILES string of the molecule is CCCOC(=O)C(c1ccccc1)N(C)CCN(C)c1ccc(NC(=O)c2ccccc2-c2ccc(C(F)(F)F)cc2)cc1. The van der Waals surface area contributed by atoms with Crippen LogP contribution in [0.3, 0.4) is 0 Å². The molecule has 0 saturated heterocycles. The van der Waals surface area contributed by atoms with Crippen molar-refractivity contribution in [3.05, 3.63) is 120 Å². The Morgan fingerprint density at radius 1 is 0.818 bits per heavy atom. The van der Waals surface area contributed by atoms with Gasteiger partial charge in [0.25, 0.3) is 5.91 Å². The topological polar surface area (TPSA) is 61.9 Å². The second kappa shape index (κ2) is 14.7. The third kappa shape index (κ3) is 8.26. The summed E-state index contributed by atoms with van der Waals surface area (Å²) in [6.07, 6.45) is -3.68. The number of likely N-dealkylation sites (N-methyl/N-ethyl adjacent to an activating group) is 2. The predicted molar refractivity (Wildman–Crippen MR) is 168 cm³/mol. The maximum absolute atomic E-state index is 13.2. The van der Waals surface area contributed by atoms with E-state index in [9.17, 15) is 22.8 Å². The molecule has 1 amide bonds. The molecule has 4 rings (SSSR count). The molecule has 1 unspecified atom stereocenters. The van der Waals surface area contributed by atoms with Gasteiger partial charge in [-0.2, -0.15) is 13.2 Å². The molecule has 0 aromatic heterocycles. The zero-order valence-electron chi connectivity index (χ0n) is 25.0. The van der Waals surface area contributed by atoms with E-state index < -0.39 is 17.8 Å². The normalized spacial score (nSPS) is 12.1. The van der Waals surface area contributed by atoms with Crippen molar-refractivity contribution in [2.24, 2.45) is 0 Å². The van der Waals surface area contributed by atoms with E-state index >= 15 is 0 Å². The van der Waals surface area contributed by atoms with Gasteiger partial charge in [0.15, 0.2) is 0 Å². The fourth-order valence-corrected chi connectivity index (χ4v) is 4.82. The Morgan fingerprint density at radius 3 is 2.09 bits per heavy atom. The van der Waals surface area contributed by atoms with Crippen molar-refractivity contribution in [2.75, 3.05) is 44.0 Å². The maximum atomic E-state index is 13.2. The quantitative estimate of drug-likeness (QED) is 0.168. The zero-order chi connectivity index (χ0) is 31.7. The molecule has 6 nitrogen and oxygen atoms in total. The third-order valence-corrected chi connectivity index (χ3v) is 7.28. The molecule has 0 radical (unpaired) electrons. The average Bonchev–Trinajstić information content (AvgIpc) is 3.03. The van der Waals surface area contributed by atoms with Gasteiger partial charge in [0.1, 0.15) is 6.04 Å². The van der Waals surface area contributed by atoms with Gasteiger partial charge in [0.2, 0.25) is 0 Å². The number of ether oxygens (including phenoxy) is 1. The Bertz CT molecular complexity index is 1530. The van der Waals surface area contributed by atoms with Gasteiger partial charge in [-0.3, -0.25) is 9.69 Å². The summed E-state index contributed by atoms with van der Waals surface area (Å²) in [6.45, 7) is 3.56. The van der Waals surface area contributed by atoms with Crippen molar-refractivity contribution in [3.63, 3.8) is 0 Å². The molecule has 9 heteroatoms. The molecular formula is C35H36F3N3O3. The van der Waals surface area contributed by atoms with Crippen LogP contribution in [0.15, 0.2) is 103 Å².